The minimum atomic E-state index is -4.49. The van der Waals surface area contributed by atoms with Gasteiger partial charge in [-0.25, -0.2) is 18.2 Å². The highest BCUT2D eigenvalue weighted by molar-refractivity contribution is 7.91. The second kappa shape index (κ2) is 5.43. The predicted molar refractivity (Wildman–Crippen MR) is 59.6 cm³/mol. The monoisotopic (exact) mass is 318 g/mol. The summed E-state index contributed by atoms with van der Waals surface area (Å²) >= 11 is 0.544. The van der Waals surface area contributed by atoms with E-state index in [1.54, 1.807) is 0 Å². The first-order valence-corrected chi connectivity index (χ1v) is 7.07. The zero-order valence-corrected chi connectivity index (χ0v) is 11.1. The van der Waals surface area contributed by atoms with Crippen molar-refractivity contribution in [2.24, 2.45) is 0 Å². The summed E-state index contributed by atoms with van der Waals surface area (Å²) in [6, 6.07) is 0. The fourth-order valence-electron chi connectivity index (χ4n) is 1.11. The summed E-state index contributed by atoms with van der Waals surface area (Å²) < 4.78 is 59.8. The van der Waals surface area contributed by atoms with Crippen molar-refractivity contribution in [3.05, 3.63) is 11.2 Å². The lowest BCUT2D eigenvalue weighted by atomic mass is 10.4. The van der Waals surface area contributed by atoms with Gasteiger partial charge in [0.15, 0.2) is 9.90 Å². The highest BCUT2D eigenvalue weighted by atomic mass is 32.2. The van der Waals surface area contributed by atoms with Crippen molar-refractivity contribution in [2.45, 2.75) is 16.8 Å². The van der Waals surface area contributed by atoms with Gasteiger partial charge in [-0.3, -0.25) is 0 Å². The molecule has 0 aliphatic carbocycles. The third kappa shape index (κ3) is 3.88. The van der Waals surface area contributed by atoms with Crippen molar-refractivity contribution < 1.29 is 31.5 Å². The number of carbonyl (C=O) groups is 1. The molecule has 19 heavy (non-hydrogen) atoms. The Bertz CT molecular complexity index is 567. The number of carboxylic acids is 1. The zero-order chi connectivity index (χ0) is 14.8. The van der Waals surface area contributed by atoms with E-state index in [1.165, 1.54) is 0 Å². The molecule has 0 radical (unpaired) electrons. The standard InChI is InChI=1S/C8H9F3N2O4S2/c1-13(3-2-8(9,10)11)19(16,17)7-5(6(14)15)12-4-18-7/h4H,2-3H2,1H3,(H,14,15). The molecule has 1 aromatic heterocycles. The maximum atomic E-state index is 12.0. The molecule has 0 bridgehead atoms. The second-order valence-electron chi connectivity index (χ2n) is 3.49. The van der Waals surface area contributed by atoms with Crippen molar-refractivity contribution in [3.8, 4) is 0 Å². The van der Waals surface area contributed by atoms with Crippen LogP contribution in [0.3, 0.4) is 0 Å². The number of hydrogen-bond donors (Lipinski definition) is 1. The Morgan fingerprint density at radius 3 is 2.58 bits per heavy atom. The number of aromatic nitrogens is 1. The van der Waals surface area contributed by atoms with Gasteiger partial charge in [0.05, 0.1) is 11.9 Å². The van der Waals surface area contributed by atoms with Gasteiger partial charge in [0, 0.05) is 13.6 Å². The van der Waals surface area contributed by atoms with Crippen LogP contribution in [0.4, 0.5) is 13.2 Å². The third-order valence-electron chi connectivity index (χ3n) is 2.09. The molecule has 0 amide bonds. The smallest absolute Gasteiger partial charge is 0.390 e. The lowest BCUT2D eigenvalue weighted by Crippen LogP contribution is -2.31. The molecular formula is C8H9F3N2O4S2. The van der Waals surface area contributed by atoms with E-state index >= 15 is 0 Å². The fourth-order valence-corrected chi connectivity index (χ4v) is 3.61. The van der Waals surface area contributed by atoms with Gasteiger partial charge in [-0.05, 0) is 0 Å². The van der Waals surface area contributed by atoms with E-state index in [0.29, 0.717) is 15.6 Å². The summed E-state index contributed by atoms with van der Waals surface area (Å²) in [6.45, 7) is -0.789. The maximum absolute atomic E-state index is 12.0. The number of aromatic carboxylic acids is 1. The summed E-state index contributed by atoms with van der Waals surface area (Å²) in [6.07, 6.45) is -5.81. The van der Waals surface area contributed by atoms with E-state index in [1.807, 2.05) is 0 Å². The van der Waals surface area contributed by atoms with Crippen molar-refractivity contribution in [1.82, 2.24) is 9.29 Å². The number of halogens is 3. The van der Waals surface area contributed by atoms with Gasteiger partial charge in [-0.1, -0.05) is 0 Å². The zero-order valence-electron chi connectivity index (χ0n) is 9.51. The average molecular weight is 318 g/mol. The quantitative estimate of drug-likeness (QED) is 0.887. The summed E-state index contributed by atoms with van der Waals surface area (Å²) in [4.78, 5) is 14.1. The molecule has 0 fully saturated rings. The number of thiazole rings is 1. The van der Waals surface area contributed by atoms with E-state index < -0.39 is 45.0 Å². The van der Waals surface area contributed by atoms with Crippen LogP contribution in [-0.4, -0.2) is 48.6 Å². The number of alkyl halides is 3. The Balaban J connectivity index is 2.97. The normalized spacial score (nSPS) is 12.9. The van der Waals surface area contributed by atoms with Gasteiger partial charge in [-0.15, -0.1) is 11.3 Å². The Labute approximate surface area is 110 Å². The minimum Gasteiger partial charge on any atom is -0.476 e. The SMILES string of the molecule is CN(CCC(F)(F)F)S(=O)(=O)c1scnc1C(=O)O. The molecule has 1 aromatic rings. The van der Waals surface area contributed by atoms with Crippen LogP contribution in [0.25, 0.3) is 0 Å². The molecule has 0 saturated carbocycles. The van der Waals surface area contributed by atoms with Gasteiger partial charge in [-0.2, -0.15) is 17.5 Å². The number of hydrogen-bond acceptors (Lipinski definition) is 5. The summed E-state index contributed by atoms with van der Waals surface area (Å²) in [7, 11) is -3.33. The largest absolute Gasteiger partial charge is 0.476 e. The van der Waals surface area contributed by atoms with Crippen LogP contribution in [0.5, 0.6) is 0 Å². The van der Waals surface area contributed by atoms with Crippen LogP contribution in [0.15, 0.2) is 9.72 Å². The molecule has 108 valence electrons. The van der Waals surface area contributed by atoms with Gasteiger partial charge in [0.2, 0.25) is 0 Å². The first kappa shape index (κ1) is 15.9. The Hall–Kier alpha value is -1.20. The first-order chi connectivity index (χ1) is 8.55. The van der Waals surface area contributed by atoms with E-state index in [2.05, 4.69) is 4.98 Å². The van der Waals surface area contributed by atoms with Gasteiger partial charge in [0.25, 0.3) is 10.0 Å². The topological polar surface area (TPSA) is 87.6 Å². The molecule has 1 heterocycles. The van der Waals surface area contributed by atoms with E-state index in [4.69, 9.17) is 5.11 Å². The van der Waals surface area contributed by atoms with Crippen molar-refractivity contribution in [2.75, 3.05) is 13.6 Å². The van der Waals surface area contributed by atoms with Gasteiger partial charge >= 0.3 is 12.1 Å². The molecule has 0 aliphatic heterocycles. The van der Waals surface area contributed by atoms with Crippen LogP contribution >= 0.6 is 11.3 Å². The highest BCUT2D eigenvalue weighted by Gasteiger charge is 2.33. The fraction of sp³-hybridized carbons (Fsp3) is 0.500. The van der Waals surface area contributed by atoms with E-state index in [0.717, 1.165) is 12.6 Å². The number of carboxylic acid groups (broad SMARTS) is 1. The molecule has 11 heteroatoms. The number of nitrogens with zero attached hydrogens (tertiary/aromatic N) is 2. The molecule has 0 unspecified atom stereocenters. The van der Waals surface area contributed by atoms with Gasteiger partial charge < -0.3 is 5.11 Å². The van der Waals surface area contributed by atoms with Crippen LogP contribution in [-0.2, 0) is 10.0 Å². The van der Waals surface area contributed by atoms with Crippen molar-refractivity contribution in [3.63, 3.8) is 0 Å². The molecule has 0 aromatic carbocycles. The molecule has 1 rings (SSSR count). The Morgan fingerprint density at radius 1 is 1.53 bits per heavy atom. The summed E-state index contributed by atoms with van der Waals surface area (Å²) in [5, 5.41) is 8.74. The van der Waals surface area contributed by atoms with Crippen LogP contribution in [0.2, 0.25) is 0 Å². The minimum absolute atomic E-state index is 0.459. The predicted octanol–water partition coefficient (Wildman–Crippen LogP) is 1.41. The second-order valence-corrected chi connectivity index (χ2v) is 6.58. The third-order valence-corrected chi connectivity index (χ3v) is 5.30. The van der Waals surface area contributed by atoms with Gasteiger partial charge in [0.1, 0.15) is 0 Å². The lowest BCUT2D eigenvalue weighted by molar-refractivity contribution is -0.135. The molecule has 0 spiro atoms. The molecule has 0 aliphatic rings. The number of rotatable bonds is 5. The Morgan fingerprint density at radius 2 is 2.11 bits per heavy atom. The molecule has 0 atom stereocenters. The molecular weight excluding hydrogens is 309 g/mol. The molecule has 6 nitrogen and oxygen atoms in total. The Kier molecular flexibility index (Phi) is 4.53. The summed E-state index contributed by atoms with van der Waals surface area (Å²) in [5.74, 6) is -1.55. The lowest BCUT2D eigenvalue weighted by Gasteiger charge is -2.17. The number of sulfonamides is 1. The van der Waals surface area contributed by atoms with Crippen molar-refractivity contribution in [1.29, 1.82) is 0 Å². The van der Waals surface area contributed by atoms with E-state index in [9.17, 15) is 26.4 Å². The van der Waals surface area contributed by atoms with Crippen LogP contribution in [0, 0.1) is 0 Å². The van der Waals surface area contributed by atoms with Crippen molar-refractivity contribution >= 4 is 27.3 Å². The highest BCUT2D eigenvalue weighted by Crippen LogP contribution is 2.25. The summed E-state index contributed by atoms with van der Waals surface area (Å²) in [5.41, 5.74) is 0.317. The van der Waals surface area contributed by atoms with Crippen LogP contribution in [0.1, 0.15) is 16.9 Å². The maximum Gasteiger partial charge on any atom is 0.390 e. The average Bonchev–Trinajstić information content (AvgIpc) is 2.74. The van der Waals surface area contributed by atoms with Crippen LogP contribution < -0.4 is 0 Å². The molecule has 1 N–H and O–H groups in total. The van der Waals surface area contributed by atoms with E-state index in [-0.39, 0.29) is 0 Å². The molecule has 0 saturated heterocycles. The first-order valence-electron chi connectivity index (χ1n) is 4.75.